The zero-order valence-corrected chi connectivity index (χ0v) is 15.8. The average molecular weight is 424 g/mol. The van der Waals surface area contributed by atoms with Crippen LogP contribution in [0, 0.1) is 18.6 Å². The molecule has 2 aromatic heterocycles. The van der Waals surface area contributed by atoms with Gasteiger partial charge in [-0.25, -0.2) is 27.5 Å². The van der Waals surface area contributed by atoms with Crippen LogP contribution in [0.15, 0.2) is 29.2 Å². The molecule has 0 unspecified atom stereocenters. The summed E-state index contributed by atoms with van der Waals surface area (Å²) in [6.07, 6.45) is -2.45. The molecule has 1 fully saturated rings. The van der Waals surface area contributed by atoms with Gasteiger partial charge in [0.15, 0.2) is 0 Å². The van der Waals surface area contributed by atoms with Gasteiger partial charge in [0.05, 0.1) is 10.9 Å². The lowest BCUT2D eigenvalue weighted by molar-refractivity contribution is 0.133. The number of aryl methyl sites for hydroxylation is 1. The summed E-state index contributed by atoms with van der Waals surface area (Å²) in [5, 5.41) is 2.98. The van der Waals surface area contributed by atoms with E-state index in [-0.39, 0.29) is 47.5 Å². The van der Waals surface area contributed by atoms with Crippen LogP contribution in [0.25, 0.3) is 10.9 Å². The van der Waals surface area contributed by atoms with Crippen LogP contribution in [0.1, 0.15) is 42.3 Å². The number of halogens is 5. The van der Waals surface area contributed by atoms with E-state index in [9.17, 15) is 26.7 Å². The molecule has 1 aliphatic rings. The molecule has 0 saturated heterocycles. The highest BCUT2D eigenvalue weighted by Gasteiger charge is 2.32. The van der Waals surface area contributed by atoms with Crippen LogP contribution in [0.2, 0.25) is 0 Å². The van der Waals surface area contributed by atoms with Crippen molar-refractivity contribution < 1.29 is 22.0 Å². The highest BCUT2D eigenvalue weighted by atomic mass is 19.3. The summed E-state index contributed by atoms with van der Waals surface area (Å²) in [5.74, 6) is -1.85. The predicted octanol–water partition coefficient (Wildman–Crippen LogP) is 4.60. The van der Waals surface area contributed by atoms with E-state index in [1.54, 1.807) is 0 Å². The first-order valence-corrected chi connectivity index (χ1v) is 9.28. The smallest absolute Gasteiger partial charge is 0.289 e. The number of hydrogen-bond donors (Lipinski definition) is 1. The van der Waals surface area contributed by atoms with Crippen LogP contribution >= 0.6 is 0 Å². The highest BCUT2D eigenvalue weighted by molar-refractivity contribution is 5.88. The first-order chi connectivity index (χ1) is 14.3. The Morgan fingerprint density at radius 3 is 2.60 bits per heavy atom. The SMILES string of the molecule is Cc1nc(NCc2cccc(C(F)F)c2F)c2cn(C3CC(F)C3)c(=O)c(F)c2n1. The molecule has 2 heterocycles. The van der Waals surface area contributed by atoms with E-state index in [0.29, 0.717) is 0 Å². The lowest BCUT2D eigenvalue weighted by Crippen LogP contribution is -2.36. The molecule has 1 saturated carbocycles. The predicted molar refractivity (Wildman–Crippen MR) is 100 cm³/mol. The van der Waals surface area contributed by atoms with Crippen molar-refractivity contribution in [1.29, 1.82) is 0 Å². The number of hydrogen-bond acceptors (Lipinski definition) is 4. The standard InChI is InChI=1S/C20H17F5N4O/c1-9-27-17-14(8-29(20(30)16(17)23)12-5-11(21)6-12)19(28-9)26-7-10-3-2-4-13(15(10)22)18(24)25/h2-4,8,11-12,18H,5-7H2,1H3,(H,26,27,28). The monoisotopic (exact) mass is 424 g/mol. The second-order valence-electron chi connectivity index (χ2n) is 7.23. The molecular formula is C20H17F5N4O. The Kier molecular flexibility index (Phi) is 5.17. The molecule has 0 bridgehead atoms. The molecule has 30 heavy (non-hydrogen) atoms. The molecule has 1 aliphatic carbocycles. The Morgan fingerprint density at radius 2 is 1.93 bits per heavy atom. The third kappa shape index (κ3) is 3.50. The van der Waals surface area contributed by atoms with E-state index in [4.69, 9.17) is 0 Å². The molecule has 4 rings (SSSR count). The zero-order valence-electron chi connectivity index (χ0n) is 15.8. The number of nitrogens with zero attached hydrogens (tertiary/aromatic N) is 3. The Hall–Kier alpha value is -3.04. The minimum atomic E-state index is -2.96. The quantitative estimate of drug-likeness (QED) is 0.609. The van der Waals surface area contributed by atoms with Gasteiger partial charge < -0.3 is 9.88 Å². The molecule has 0 aliphatic heterocycles. The third-order valence-corrected chi connectivity index (χ3v) is 5.19. The van der Waals surface area contributed by atoms with Crippen molar-refractivity contribution in [3.63, 3.8) is 0 Å². The van der Waals surface area contributed by atoms with Crippen LogP contribution in [0.5, 0.6) is 0 Å². The van der Waals surface area contributed by atoms with Crippen molar-refractivity contribution in [2.45, 2.75) is 44.9 Å². The molecule has 158 valence electrons. The van der Waals surface area contributed by atoms with Crippen molar-refractivity contribution in [2.24, 2.45) is 0 Å². The molecule has 10 heteroatoms. The molecule has 3 aromatic rings. The number of benzene rings is 1. The van der Waals surface area contributed by atoms with E-state index in [1.807, 2.05) is 0 Å². The molecule has 0 amide bonds. The zero-order chi connectivity index (χ0) is 21.6. The summed E-state index contributed by atoms with van der Waals surface area (Å²) in [6.45, 7) is 1.29. The topological polar surface area (TPSA) is 59.8 Å². The maximum Gasteiger partial charge on any atom is 0.289 e. The molecular weight excluding hydrogens is 407 g/mol. The number of alkyl halides is 3. The van der Waals surface area contributed by atoms with Gasteiger partial charge in [-0.3, -0.25) is 4.79 Å². The summed E-state index contributed by atoms with van der Waals surface area (Å²) >= 11 is 0. The largest absolute Gasteiger partial charge is 0.365 e. The van der Waals surface area contributed by atoms with Gasteiger partial charge in [-0.05, 0) is 19.8 Å². The van der Waals surface area contributed by atoms with E-state index < -0.39 is 41.4 Å². The number of aromatic nitrogens is 3. The average Bonchev–Trinajstić information content (AvgIpc) is 2.67. The van der Waals surface area contributed by atoms with Crippen molar-refractivity contribution in [3.05, 3.63) is 63.3 Å². The van der Waals surface area contributed by atoms with Gasteiger partial charge in [0, 0.05) is 24.3 Å². The van der Waals surface area contributed by atoms with Gasteiger partial charge in [0.2, 0.25) is 5.82 Å². The number of fused-ring (bicyclic) bond motifs is 1. The van der Waals surface area contributed by atoms with E-state index in [2.05, 4.69) is 15.3 Å². The molecule has 5 nitrogen and oxygen atoms in total. The van der Waals surface area contributed by atoms with Crippen molar-refractivity contribution in [2.75, 3.05) is 5.32 Å². The summed E-state index contributed by atoms with van der Waals surface area (Å²) in [5.41, 5.74) is -1.86. The molecule has 1 aromatic carbocycles. The van der Waals surface area contributed by atoms with Gasteiger partial charge in [-0.2, -0.15) is 4.39 Å². The maximum atomic E-state index is 14.7. The van der Waals surface area contributed by atoms with Crippen LogP contribution in [-0.4, -0.2) is 20.7 Å². The number of rotatable bonds is 5. The second-order valence-corrected chi connectivity index (χ2v) is 7.23. The number of anilines is 1. The molecule has 0 atom stereocenters. The molecule has 0 radical (unpaired) electrons. The highest BCUT2D eigenvalue weighted by Crippen LogP contribution is 2.35. The van der Waals surface area contributed by atoms with Crippen LogP contribution in [-0.2, 0) is 6.54 Å². The van der Waals surface area contributed by atoms with Crippen molar-refractivity contribution in [3.8, 4) is 0 Å². The molecule has 0 spiro atoms. The fourth-order valence-electron chi connectivity index (χ4n) is 3.52. The lowest BCUT2D eigenvalue weighted by atomic mass is 9.90. The van der Waals surface area contributed by atoms with Crippen molar-refractivity contribution >= 4 is 16.7 Å². The first-order valence-electron chi connectivity index (χ1n) is 9.28. The fraction of sp³-hybridized carbons (Fsp3) is 0.350. The number of nitrogens with one attached hydrogen (secondary N) is 1. The lowest BCUT2D eigenvalue weighted by Gasteiger charge is -2.31. The van der Waals surface area contributed by atoms with Crippen LogP contribution in [0.3, 0.4) is 0 Å². The normalized spacial score (nSPS) is 18.6. The van der Waals surface area contributed by atoms with Crippen molar-refractivity contribution in [1.82, 2.24) is 14.5 Å². The minimum absolute atomic E-state index is 0.0229. The summed E-state index contributed by atoms with van der Waals surface area (Å²) in [4.78, 5) is 20.5. The van der Waals surface area contributed by atoms with Gasteiger partial charge in [0.25, 0.3) is 12.0 Å². The summed E-state index contributed by atoms with van der Waals surface area (Å²) in [7, 11) is 0. The van der Waals surface area contributed by atoms with Gasteiger partial charge in [0.1, 0.15) is 29.1 Å². The van der Waals surface area contributed by atoms with E-state index in [1.165, 1.54) is 25.3 Å². The van der Waals surface area contributed by atoms with Gasteiger partial charge in [-0.1, -0.05) is 18.2 Å². The number of pyridine rings is 1. The summed E-state index contributed by atoms with van der Waals surface area (Å²) < 4.78 is 69.2. The van der Waals surface area contributed by atoms with E-state index >= 15 is 0 Å². The Morgan fingerprint density at radius 1 is 1.20 bits per heavy atom. The van der Waals surface area contributed by atoms with E-state index in [0.717, 1.165) is 10.6 Å². The fourth-order valence-corrected chi connectivity index (χ4v) is 3.52. The minimum Gasteiger partial charge on any atom is -0.365 e. The van der Waals surface area contributed by atoms with Gasteiger partial charge >= 0.3 is 0 Å². The van der Waals surface area contributed by atoms with Crippen LogP contribution in [0.4, 0.5) is 27.8 Å². The van der Waals surface area contributed by atoms with Crippen LogP contribution < -0.4 is 10.9 Å². The molecule has 1 N–H and O–H groups in total. The Labute approximate surface area is 167 Å². The Bertz CT molecular complexity index is 1170. The Balaban J connectivity index is 1.74. The maximum absolute atomic E-state index is 14.7. The second kappa shape index (κ2) is 7.66. The third-order valence-electron chi connectivity index (χ3n) is 5.19. The first kappa shape index (κ1) is 20.2. The van der Waals surface area contributed by atoms with Gasteiger partial charge in [-0.15, -0.1) is 0 Å². The summed E-state index contributed by atoms with van der Waals surface area (Å²) in [6, 6.07) is 3.18.